The molecule has 2 aliphatic rings. The van der Waals surface area contributed by atoms with Gasteiger partial charge in [-0.2, -0.15) is 0 Å². The molecular formula is C31H36N4O6. The van der Waals surface area contributed by atoms with Gasteiger partial charge in [-0.3, -0.25) is 19.8 Å². The van der Waals surface area contributed by atoms with Crippen LogP contribution in [0.4, 0.5) is 17.1 Å². The van der Waals surface area contributed by atoms with Crippen LogP contribution >= 0.6 is 0 Å². The van der Waals surface area contributed by atoms with Crippen molar-refractivity contribution in [1.29, 1.82) is 0 Å². The predicted molar refractivity (Wildman–Crippen MR) is 155 cm³/mol. The number of nitrogens with one attached hydrogen (secondary N) is 1. The van der Waals surface area contributed by atoms with E-state index in [0.717, 1.165) is 55.1 Å². The molecule has 3 aromatic carbocycles. The molecular weight excluding hydrogens is 524 g/mol. The number of anilines is 2. The average Bonchev–Trinajstić information content (AvgIpc) is 2.99. The summed E-state index contributed by atoms with van der Waals surface area (Å²) in [6.45, 7) is 7.68. The first-order chi connectivity index (χ1) is 19.8. The predicted octanol–water partition coefficient (Wildman–Crippen LogP) is 4.66. The van der Waals surface area contributed by atoms with Crippen molar-refractivity contribution < 1.29 is 24.3 Å². The summed E-state index contributed by atoms with van der Waals surface area (Å²) in [6, 6.07) is 22.1. The standard InChI is InChI=1S/C31H36N4O6/c1-21-29(19-33-15-17-34(18-16-33)27-11-13-28(14-12-27)35(38)39)40-31(25-7-9-26(10-8-25)32-22(2)37)41-30(21)24-5-3-23(20-36)4-6-24/h3-14,21,29-31,36H,15-20H2,1-2H3,(H,32,37)/t21-,29+,30+,31+/m0/s1. The minimum Gasteiger partial charge on any atom is -0.392 e. The number of rotatable bonds is 8. The molecule has 0 radical (unpaired) electrons. The second-order valence-corrected chi connectivity index (χ2v) is 10.7. The highest BCUT2D eigenvalue weighted by Gasteiger charge is 2.39. The van der Waals surface area contributed by atoms with E-state index in [0.29, 0.717) is 5.69 Å². The highest BCUT2D eigenvalue weighted by Crippen LogP contribution is 2.42. The van der Waals surface area contributed by atoms with Crippen molar-refractivity contribution in [3.8, 4) is 0 Å². The van der Waals surface area contributed by atoms with Gasteiger partial charge in [0.15, 0.2) is 6.29 Å². The van der Waals surface area contributed by atoms with Crippen molar-refractivity contribution in [2.45, 2.75) is 39.0 Å². The van der Waals surface area contributed by atoms with Gasteiger partial charge in [-0.15, -0.1) is 0 Å². The molecule has 0 spiro atoms. The molecule has 2 N–H and O–H groups in total. The van der Waals surface area contributed by atoms with E-state index in [2.05, 4.69) is 22.0 Å². The number of benzene rings is 3. The van der Waals surface area contributed by atoms with Crippen LogP contribution in [-0.4, -0.2) is 59.7 Å². The number of ether oxygens (including phenoxy) is 2. The molecule has 2 fully saturated rings. The van der Waals surface area contributed by atoms with Crippen LogP contribution in [0.2, 0.25) is 0 Å². The Morgan fingerprint density at radius 2 is 1.59 bits per heavy atom. The Morgan fingerprint density at radius 1 is 0.951 bits per heavy atom. The largest absolute Gasteiger partial charge is 0.392 e. The number of nitro benzene ring substituents is 1. The van der Waals surface area contributed by atoms with Gasteiger partial charge < -0.3 is 24.8 Å². The summed E-state index contributed by atoms with van der Waals surface area (Å²) >= 11 is 0. The van der Waals surface area contributed by atoms with Crippen LogP contribution in [0.5, 0.6) is 0 Å². The number of aliphatic hydroxyl groups is 1. The lowest BCUT2D eigenvalue weighted by Gasteiger charge is -2.44. The molecule has 2 aliphatic heterocycles. The summed E-state index contributed by atoms with van der Waals surface area (Å²) in [5.74, 6) is -0.0607. The zero-order chi connectivity index (χ0) is 28.9. The lowest BCUT2D eigenvalue weighted by molar-refractivity contribution is -0.384. The zero-order valence-electron chi connectivity index (χ0n) is 23.3. The lowest BCUT2D eigenvalue weighted by atomic mass is 9.90. The number of piperazine rings is 1. The van der Waals surface area contributed by atoms with E-state index in [1.54, 1.807) is 12.1 Å². The molecule has 4 atom stereocenters. The van der Waals surface area contributed by atoms with Crippen molar-refractivity contribution in [3.63, 3.8) is 0 Å². The van der Waals surface area contributed by atoms with Crippen molar-refractivity contribution in [3.05, 3.63) is 99.6 Å². The number of non-ortho nitro benzene ring substituents is 1. The van der Waals surface area contributed by atoms with Gasteiger partial charge in [-0.25, -0.2) is 0 Å². The van der Waals surface area contributed by atoms with Crippen molar-refractivity contribution in [2.75, 3.05) is 42.9 Å². The molecule has 0 bridgehead atoms. The van der Waals surface area contributed by atoms with Crippen molar-refractivity contribution in [1.82, 2.24) is 4.90 Å². The third-order valence-electron chi connectivity index (χ3n) is 7.86. The van der Waals surface area contributed by atoms with Crippen LogP contribution in [0, 0.1) is 16.0 Å². The summed E-state index contributed by atoms with van der Waals surface area (Å²) in [7, 11) is 0. The Labute approximate surface area is 239 Å². The van der Waals surface area contributed by atoms with Gasteiger partial charge in [0.1, 0.15) is 0 Å². The van der Waals surface area contributed by atoms with Crippen LogP contribution in [0.15, 0.2) is 72.8 Å². The summed E-state index contributed by atoms with van der Waals surface area (Å²) in [5.41, 5.74) is 4.55. The molecule has 0 aliphatic carbocycles. The molecule has 2 saturated heterocycles. The van der Waals surface area contributed by atoms with Crippen LogP contribution in [0.25, 0.3) is 0 Å². The Balaban J connectivity index is 1.29. The van der Waals surface area contributed by atoms with Crippen LogP contribution in [-0.2, 0) is 20.9 Å². The molecule has 2 heterocycles. The van der Waals surface area contributed by atoms with Crippen LogP contribution in [0.1, 0.15) is 42.9 Å². The van der Waals surface area contributed by atoms with Crippen molar-refractivity contribution >= 4 is 23.0 Å². The number of nitrogens with zero attached hydrogens (tertiary/aromatic N) is 3. The van der Waals surface area contributed by atoms with E-state index in [1.807, 2.05) is 60.7 Å². The number of hydrogen-bond donors (Lipinski definition) is 2. The van der Waals surface area contributed by atoms with Gasteiger partial charge in [-0.05, 0) is 35.4 Å². The van der Waals surface area contributed by atoms with Gasteiger partial charge >= 0.3 is 0 Å². The topological polar surface area (TPSA) is 117 Å². The zero-order valence-corrected chi connectivity index (χ0v) is 23.3. The number of carbonyl (C=O) groups is 1. The first-order valence-corrected chi connectivity index (χ1v) is 13.9. The number of amides is 1. The van der Waals surface area contributed by atoms with E-state index in [4.69, 9.17) is 9.47 Å². The first-order valence-electron chi connectivity index (χ1n) is 13.9. The van der Waals surface area contributed by atoms with E-state index < -0.39 is 6.29 Å². The summed E-state index contributed by atoms with van der Waals surface area (Å²) in [5, 5.41) is 23.3. The molecule has 10 nitrogen and oxygen atoms in total. The fourth-order valence-electron chi connectivity index (χ4n) is 5.48. The molecule has 41 heavy (non-hydrogen) atoms. The van der Waals surface area contributed by atoms with E-state index >= 15 is 0 Å². The lowest BCUT2D eigenvalue weighted by Crippen LogP contribution is -2.51. The summed E-state index contributed by atoms with van der Waals surface area (Å²) in [4.78, 5) is 26.7. The smallest absolute Gasteiger partial charge is 0.269 e. The molecule has 3 aromatic rings. The highest BCUT2D eigenvalue weighted by molar-refractivity contribution is 5.88. The minimum atomic E-state index is -0.577. The maximum atomic E-state index is 11.4. The third kappa shape index (κ3) is 6.91. The third-order valence-corrected chi connectivity index (χ3v) is 7.86. The summed E-state index contributed by atoms with van der Waals surface area (Å²) in [6.07, 6.45) is -0.883. The van der Waals surface area contributed by atoms with Crippen LogP contribution in [0.3, 0.4) is 0 Å². The second-order valence-electron chi connectivity index (χ2n) is 10.7. The van der Waals surface area contributed by atoms with E-state index in [1.165, 1.54) is 6.92 Å². The minimum absolute atomic E-state index is 0.0117. The number of nitro groups is 1. The van der Waals surface area contributed by atoms with Gasteiger partial charge in [0.25, 0.3) is 5.69 Å². The molecule has 10 heteroatoms. The Morgan fingerprint density at radius 3 is 2.17 bits per heavy atom. The molecule has 1 amide bonds. The monoisotopic (exact) mass is 560 g/mol. The molecule has 5 rings (SSSR count). The maximum absolute atomic E-state index is 11.4. The van der Waals surface area contributed by atoms with Gasteiger partial charge in [0, 0.05) is 74.6 Å². The molecule has 0 aromatic heterocycles. The maximum Gasteiger partial charge on any atom is 0.269 e. The molecule has 0 saturated carbocycles. The van der Waals surface area contributed by atoms with Gasteiger partial charge in [-0.1, -0.05) is 43.3 Å². The fourth-order valence-corrected chi connectivity index (χ4v) is 5.48. The Kier molecular flexibility index (Phi) is 8.94. The van der Waals surface area contributed by atoms with E-state index in [9.17, 15) is 20.0 Å². The Hall–Kier alpha value is -3.83. The first kappa shape index (κ1) is 28.7. The van der Waals surface area contributed by atoms with Crippen LogP contribution < -0.4 is 10.2 Å². The van der Waals surface area contributed by atoms with Gasteiger partial charge in [0.2, 0.25) is 5.91 Å². The molecule has 0 unspecified atom stereocenters. The van der Waals surface area contributed by atoms with Gasteiger partial charge in [0.05, 0.1) is 23.7 Å². The highest BCUT2D eigenvalue weighted by atomic mass is 16.7. The SMILES string of the molecule is CC(=O)Nc1ccc([C@@H]2O[C@H](CN3CCN(c4ccc([N+](=O)[O-])cc4)CC3)[C@H](C)[C@H](c3ccc(CO)cc3)O2)cc1. The average molecular weight is 561 g/mol. The second kappa shape index (κ2) is 12.8. The normalized spacial score (nSPS) is 23.2. The number of aliphatic hydroxyl groups excluding tert-OH is 1. The quantitative estimate of drug-likeness (QED) is 0.302. The number of carbonyl (C=O) groups excluding carboxylic acids is 1. The Bertz CT molecular complexity index is 1320. The molecule has 216 valence electrons. The summed E-state index contributed by atoms with van der Waals surface area (Å²) < 4.78 is 13.1. The van der Waals surface area contributed by atoms with E-state index in [-0.39, 0.29) is 41.3 Å². The fraction of sp³-hybridized carbons (Fsp3) is 0.387. The van der Waals surface area contributed by atoms with Crippen molar-refractivity contribution in [2.24, 2.45) is 5.92 Å². The number of hydrogen-bond acceptors (Lipinski definition) is 8.